The average molecular weight is 144 g/mol. The van der Waals surface area contributed by atoms with E-state index >= 15 is 0 Å². The number of carbonyl (C=O) groups is 1. The number of hydrogen-bond acceptors (Lipinski definition) is 3. The molecule has 3 nitrogen and oxygen atoms in total. The Bertz CT molecular complexity index is 127. The summed E-state index contributed by atoms with van der Waals surface area (Å²) in [4.78, 5) is 10.4. The van der Waals surface area contributed by atoms with Gasteiger partial charge in [0.15, 0.2) is 0 Å². The molecule has 0 aliphatic carbocycles. The highest BCUT2D eigenvalue weighted by Gasteiger charge is 1.90. The number of hydrogen-bond donors (Lipinski definition) is 0. The molecule has 58 valence electrons. The molecule has 0 radical (unpaired) electrons. The zero-order valence-corrected chi connectivity index (χ0v) is 6.46. The number of ether oxygens (including phenoxy) is 2. The highest BCUT2D eigenvalue weighted by molar-refractivity contribution is 5.81. The van der Waals surface area contributed by atoms with Gasteiger partial charge in [0.1, 0.15) is 0 Å². The van der Waals surface area contributed by atoms with Gasteiger partial charge in [-0.05, 0) is 13.8 Å². The fourth-order valence-electron chi connectivity index (χ4n) is 0.320. The minimum atomic E-state index is -0.402. The summed E-state index contributed by atoms with van der Waals surface area (Å²) in [5.41, 5.74) is 0. The molecule has 0 atom stereocenters. The Morgan fingerprint density at radius 1 is 1.50 bits per heavy atom. The van der Waals surface area contributed by atoms with Gasteiger partial charge in [-0.15, -0.1) is 0 Å². The molecular weight excluding hydrogens is 132 g/mol. The van der Waals surface area contributed by atoms with Crippen LogP contribution in [0.25, 0.3) is 0 Å². The van der Waals surface area contributed by atoms with Crippen LogP contribution in [0.5, 0.6) is 0 Å². The smallest absolute Gasteiger partial charge is 0.333 e. The molecule has 0 saturated carbocycles. The summed E-state index contributed by atoms with van der Waals surface area (Å²) < 4.78 is 9.26. The SMILES string of the molecule is COC(=O)C=COC(C)C. The first-order valence-corrected chi connectivity index (χ1v) is 3.06. The van der Waals surface area contributed by atoms with E-state index in [-0.39, 0.29) is 6.10 Å². The number of carbonyl (C=O) groups excluding carboxylic acids is 1. The van der Waals surface area contributed by atoms with Crippen LogP contribution in [0.15, 0.2) is 12.3 Å². The van der Waals surface area contributed by atoms with Gasteiger partial charge in [-0.25, -0.2) is 4.79 Å². The molecule has 0 N–H and O–H groups in total. The summed E-state index contributed by atoms with van der Waals surface area (Å²) in [5, 5.41) is 0. The van der Waals surface area contributed by atoms with Gasteiger partial charge in [0.25, 0.3) is 0 Å². The molecule has 0 saturated heterocycles. The standard InChI is InChI=1S/C7H12O3/c1-6(2)10-5-4-7(8)9-3/h4-6H,1-3H3. The van der Waals surface area contributed by atoms with Crippen LogP contribution < -0.4 is 0 Å². The maximum Gasteiger partial charge on any atom is 0.333 e. The lowest BCUT2D eigenvalue weighted by Crippen LogP contribution is -1.98. The molecule has 0 fully saturated rings. The maximum atomic E-state index is 10.4. The van der Waals surface area contributed by atoms with Gasteiger partial charge in [0, 0.05) is 0 Å². The zero-order valence-electron chi connectivity index (χ0n) is 6.46. The quantitative estimate of drug-likeness (QED) is 0.338. The first-order valence-electron chi connectivity index (χ1n) is 3.06. The van der Waals surface area contributed by atoms with Crippen LogP contribution in [0.1, 0.15) is 13.8 Å². The van der Waals surface area contributed by atoms with Crippen molar-refractivity contribution < 1.29 is 14.3 Å². The van der Waals surface area contributed by atoms with Gasteiger partial charge < -0.3 is 9.47 Å². The largest absolute Gasteiger partial charge is 0.498 e. The minimum Gasteiger partial charge on any atom is -0.498 e. The van der Waals surface area contributed by atoms with Gasteiger partial charge in [-0.3, -0.25) is 0 Å². The van der Waals surface area contributed by atoms with Crippen LogP contribution >= 0.6 is 0 Å². The number of rotatable bonds is 3. The van der Waals surface area contributed by atoms with Crippen molar-refractivity contribution in [3.05, 3.63) is 12.3 Å². The second-order valence-electron chi connectivity index (χ2n) is 2.01. The summed E-state index contributed by atoms with van der Waals surface area (Å²) in [5.74, 6) is -0.402. The fourth-order valence-corrected chi connectivity index (χ4v) is 0.320. The first kappa shape index (κ1) is 9.01. The molecule has 0 aromatic heterocycles. The second kappa shape index (κ2) is 4.85. The van der Waals surface area contributed by atoms with Crippen LogP contribution in [-0.4, -0.2) is 19.2 Å². The van der Waals surface area contributed by atoms with E-state index in [4.69, 9.17) is 4.74 Å². The van der Waals surface area contributed by atoms with Crippen molar-refractivity contribution in [2.75, 3.05) is 7.11 Å². The normalized spacial score (nSPS) is 10.4. The maximum absolute atomic E-state index is 10.4. The summed E-state index contributed by atoms with van der Waals surface area (Å²) in [6.07, 6.45) is 2.66. The Labute approximate surface area is 60.6 Å². The highest BCUT2D eigenvalue weighted by Crippen LogP contribution is 1.88. The molecule has 3 heteroatoms. The van der Waals surface area contributed by atoms with Crippen LogP contribution in [0.2, 0.25) is 0 Å². The molecule has 0 aliphatic rings. The van der Waals surface area contributed by atoms with E-state index in [1.807, 2.05) is 13.8 Å². The van der Waals surface area contributed by atoms with Crippen LogP contribution in [0.4, 0.5) is 0 Å². The van der Waals surface area contributed by atoms with Crippen molar-refractivity contribution in [1.29, 1.82) is 0 Å². The third-order valence-electron chi connectivity index (χ3n) is 0.756. The average Bonchev–Trinajstić information content (AvgIpc) is 1.87. The van der Waals surface area contributed by atoms with Gasteiger partial charge in [-0.2, -0.15) is 0 Å². The van der Waals surface area contributed by atoms with Gasteiger partial charge >= 0.3 is 5.97 Å². The fraction of sp³-hybridized carbons (Fsp3) is 0.571. The Balaban J connectivity index is 3.46. The van der Waals surface area contributed by atoms with Gasteiger partial charge in [0.2, 0.25) is 0 Å². The molecule has 0 spiro atoms. The van der Waals surface area contributed by atoms with Crippen LogP contribution in [0, 0.1) is 0 Å². The number of esters is 1. The van der Waals surface area contributed by atoms with Crippen molar-refractivity contribution in [2.24, 2.45) is 0 Å². The predicted molar refractivity (Wildman–Crippen MR) is 37.4 cm³/mol. The molecule has 0 bridgehead atoms. The van der Waals surface area contributed by atoms with Crippen LogP contribution in [-0.2, 0) is 14.3 Å². The molecular formula is C7H12O3. The Morgan fingerprint density at radius 2 is 2.10 bits per heavy atom. The Kier molecular flexibility index (Phi) is 4.37. The van der Waals surface area contributed by atoms with Gasteiger partial charge in [0.05, 0.1) is 25.6 Å². The van der Waals surface area contributed by atoms with Crippen LogP contribution in [0.3, 0.4) is 0 Å². The Morgan fingerprint density at radius 3 is 2.50 bits per heavy atom. The van der Waals surface area contributed by atoms with E-state index in [0.717, 1.165) is 0 Å². The minimum absolute atomic E-state index is 0.0981. The van der Waals surface area contributed by atoms with E-state index in [0.29, 0.717) is 0 Å². The Hall–Kier alpha value is -0.990. The van der Waals surface area contributed by atoms with E-state index in [1.165, 1.54) is 19.4 Å². The van der Waals surface area contributed by atoms with Gasteiger partial charge in [-0.1, -0.05) is 0 Å². The van der Waals surface area contributed by atoms with Crippen molar-refractivity contribution in [3.63, 3.8) is 0 Å². The summed E-state index contributed by atoms with van der Waals surface area (Å²) in [6.45, 7) is 3.75. The zero-order chi connectivity index (χ0) is 7.98. The molecule has 0 aromatic rings. The third kappa shape index (κ3) is 5.15. The topological polar surface area (TPSA) is 35.5 Å². The molecule has 0 unspecified atom stereocenters. The van der Waals surface area contributed by atoms with E-state index in [2.05, 4.69) is 4.74 Å². The third-order valence-corrected chi connectivity index (χ3v) is 0.756. The molecule has 0 aliphatic heterocycles. The molecule has 0 heterocycles. The van der Waals surface area contributed by atoms with Crippen molar-refractivity contribution in [3.8, 4) is 0 Å². The summed E-state index contributed by atoms with van der Waals surface area (Å²) >= 11 is 0. The van der Waals surface area contributed by atoms with Crippen molar-refractivity contribution >= 4 is 5.97 Å². The molecule has 10 heavy (non-hydrogen) atoms. The van der Waals surface area contributed by atoms with E-state index < -0.39 is 5.97 Å². The second-order valence-corrected chi connectivity index (χ2v) is 2.01. The predicted octanol–water partition coefficient (Wildman–Crippen LogP) is 1.10. The van der Waals surface area contributed by atoms with Crippen molar-refractivity contribution in [2.45, 2.75) is 20.0 Å². The van der Waals surface area contributed by atoms with E-state index in [1.54, 1.807) is 0 Å². The van der Waals surface area contributed by atoms with E-state index in [9.17, 15) is 4.79 Å². The van der Waals surface area contributed by atoms with Crippen molar-refractivity contribution in [1.82, 2.24) is 0 Å². The monoisotopic (exact) mass is 144 g/mol. The lowest BCUT2D eigenvalue weighted by atomic mass is 10.5. The lowest BCUT2D eigenvalue weighted by molar-refractivity contribution is -0.135. The summed E-state index contributed by atoms with van der Waals surface area (Å²) in [6, 6.07) is 0. The first-order chi connectivity index (χ1) is 4.66. The number of methoxy groups -OCH3 is 1. The molecule has 0 aromatic carbocycles. The summed E-state index contributed by atoms with van der Waals surface area (Å²) in [7, 11) is 1.32. The molecule has 0 amide bonds. The lowest BCUT2D eigenvalue weighted by Gasteiger charge is -2.01. The highest BCUT2D eigenvalue weighted by atomic mass is 16.5. The molecule has 0 rings (SSSR count).